The number of hydrogen-bond acceptors (Lipinski definition) is 3. The normalized spacial score (nSPS) is 12.1. The van der Waals surface area contributed by atoms with E-state index in [0.717, 1.165) is 17.1 Å². The van der Waals surface area contributed by atoms with Crippen LogP contribution < -0.4 is 0 Å². The van der Waals surface area contributed by atoms with Crippen molar-refractivity contribution in [2.24, 2.45) is 0 Å². The van der Waals surface area contributed by atoms with Crippen molar-refractivity contribution in [3.63, 3.8) is 0 Å². The van der Waals surface area contributed by atoms with E-state index in [0.29, 0.717) is 5.88 Å². The number of nitrogens with zero attached hydrogens (tertiary/aromatic N) is 1. The Bertz CT molecular complexity index is 290. The lowest BCUT2D eigenvalue weighted by Crippen LogP contribution is -2.14. The standard InChI is InChI=1S/C9H14ClNOS/c1-6-7(4-5-10)13-8(11-6)9(2,3)12/h12H,4-5H2,1-3H3. The minimum Gasteiger partial charge on any atom is -0.383 e. The fraction of sp³-hybridized carbons (Fsp3) is 0.667. The summed E-state index contributed by atoms with van der Waals surface area (Å²) in [5.41, 5.74) is 0.155. The summed E-state index contributed by atoms with van der Waals surface area (Å²) in [6.45, 7) is 5.44. The van der Waals surface area contributed by atoms with Gasteiger partial charge in [-0.1, -0.05) is 0 Å². The van der Waals surface area contributed by atoms with Gasteiger partial charge in [0.15, 0.2) is 0 Å². The van der Waals surface area contributed by atoms with Gasteiger partial charge in [-0.2, -0.15) is 0 Å². The zero-order valence-corrected chi connectivity index (χ0v) is 9.67. The maximum absolute atomic E-state index is 9.71. The van der Waals surface area contributed by atoms with Gasteiger partial charge in [0.25, 0.3) is 0 Å². The Morgan fingerprint density at radius 1 is 1.54 bits per heavy atom. The molecule has 0 aliphatic rings. The molecule has 0 atom stereocenters. The van der Waals surface area contributed by atoms with E-state index in [1.54, 1.807) is 25.2 Å². The van der Waals surface area contributed by atoms with E-state index in [9.17, 15) is 5.11 Å². The Balaban J connectivity index is 2.95. The van der Waals surface area contributed by atoms with Crippen LogP contribution in [0.4, 0.5) is 0 Å². The second-order valence-electron chi connectivity index (χ2n) is 3.53. The van der Waals surface area contributed by atoms with Crippen LogP contribution >= 0.6 is 22.9 Å². The van der Waals surface area contributed by atoms with Crippen LogP contribution in [0.25, 0.3) is 0 Å². The van der Waals surface area contributed by atoms with Gasteiger partial charge in [0.05, 0.1) is 5.69 Å². The lowest BCUT2D eigenvalue weighted by atomic mass is 10.1. The quantitative estimate of drug-likeness (QED) is 0.793. The summed E-state index contributed by atoms with van der Waals surface area (Å²) in [4.78, 5) is 5.48. The number of rotatable bonds is 3. The Hall–Kier alpha value is -0.120. The molecule has 1 rings (SSSR count). The number of hydrogen-bond donors (Lipinski definition) is 1. The molecule has 0 radical (unpaired) electrons. The first kappa shape index (κ1) is 11.0. The molecule has 4 heteroatoms. The highest BCUT2D eigenvalue weighted by atomic mass is 35.5. The lowest BCUT2D eigenvalue weighted by molar-refractivity contribution is 0.0781. The van der Waals surface area contributed by atoms with Crippen LogP contribution in [0.1, 0.15) is 29.4 Å². The monoisotopic (exact) mass is 219 g/mol. The number of alkyl halides is 1. The van der Waals surface area contributed by atoms with E-state index >= 15 is 0 Å². The smallest absolute Gasteiger partial charge is 0.124 e. The summed E-state index contributed by atoms with van der Waals surface area (Å²) in [5.74, 6) is 0.605. The van der Waals surface area contributed by atoms with Crippen LogP contribution in [0, 0.1) is 6.92 Å². The summed E-state index contributed by atoms with van der Waals surface area (Å²) in [7, 11) is 0. The third-order valence-corrected chi connectivity index (χ3v) is 3.46. The first-order valence-electron chi connectivity index (χ1n) is 4.20. The number of thiazole rings is 1. The molecule has 74 valence electrons. The highest BCUT2D eigenvalue weighted by Gasteiger charge is 2.21. The van der Waals surface area contributed by atoms with E-state index < -0.39 is 5.60 Å². The van der Waals surface area contributed by atoms with Gasteiger partial charge in [0, 0.05) is 10.8 Å². The molecule has 1 heterocycles. The lowest BCUT2D eigenvalue weighted by Gasteiger charge is -2.12. The van der Waals surface area contributed by atoms with Crippen molar-refractivity contribution in [2.75, 3.05) is 5.88 Å². The van der Waals surface area contributed by atoms with Gasteiger partial charge in [-0.05, 0) is 27.2 Å². The minimum absolute atomic E-state index is 0.605. The highest BCUT2D eigenvalue weighted by molar-refractivity contribution is 7.11. The highest BCUT2D eigenvalue weighted by Crippen LogP contribution is 2.27. The van der Waals surface area contributed by atoms with Gasteiger partial charge >= 0.3 is 0 Å². The largest absolute Gasteiger partial charge is 0.383 e. The summed E-state index contributed by atoms with van der Waals surface area (Å²) in [6.07, 6.45) is 0.834. The van der Waals surface area contributed by atoms with Crippen LogP contribution in [0.3, 0.4) is 0 Å². The molecule has 0 saturated heterocycles. The molecule has 0 aromatic carbocycles. The summed E-state index contributed by atoms with van der Waals surface area (Å²) < 4.78 is 0. The number of aromatic nitrogens is 1. The van der Waals surface area contributed by atoms with Gasteiger partial charge in [-0.15, -0.1) is 22.9 Å². The van der Waals surface area contributed by atoms with Crippen LogP contribution in [-0.2, 0) is 12.0 Å². The minimum atomic E-state index is -0.833. The fourth-order valence-electron chi connectivity index (χ4n) is 1.01. The molecule has 0 aliphatic carbocycles. The summed E-state index contributed by atoms with van der Waals surface area (Å²) in [5, 5.41) is 10.5. The van der Waals surface area contributed by atoms with E-state index in [2.05, 4.69) is 4.98 Å². The first-order valence-corrected chi connectivity index (χ1v) is 5.55. The Kier molecular flexibility index (Phi) is 3.33. The van der Waals surface area contributed by atoms with Gasteiger partial charge < -0.3 is 5.11 Å². The molecule has 0 spiro atoms. The van der Waals surface area contributed by atoms with Crippen molar-refractivity contribution >= 4 is 22.9 Å². The van der Waals surface area contributed by atoms with Crippen molar-refractivity contribution in [3.8, 4) is 0 Å². The third-order valence-electron chi connectivity index (χ3n) is 1.74. The third kappa shape index (κ3) is 2.66. The van der Waals surface area contributed by atoms with Crippen molar-refractivity contribution in [2.45, 2.75) is 32.8 Å². The van der Waals surface area contributed by atoms with Crippen molar-refractivity contribution in [3.05, 3.63) is 15.6 Å². The van der Waals surface area contributed by atoms with Gasteiger partial charge in [-0.3, -0.25) is 0 Å². The molecule has 1 N–H and O–H groups in total. The molecule has 1 aromatic heterocycles. The molecule has 0 saturated carbocycles. The molecule has 13 heavy (non-hydrogen) atoms. The number of halogens is 1. The molecule has 0 bridgehead atoms. The van der Waals surface area contributed by atoms with Gasteiger partial charge in [0.2, 0.25) is 0 Å². The maximum Gasteiger partial charge on any atom is 0.124 e. The van der Waals surface area contributed by atoms with Crippen molar-refractivity contribution in [1.29, 1.82) is 0 Å². The second-order valence-corrected chi connectivity index (χ2v) is 4.99. The zero-order chi connectivity index (χ0) is 10.1. The number of aryl methyl sites for hydroxylation is 2. The van der Waals surface area contributed by atoms with Crippen LogP contribution in [-0.4, -0.2) is 16.0 Å². The Morgan fingerprint density at radius 2 is 2.15 bits per heavy atom. The molecular formula is C9H14ClNOS. The molecule has 0 unspecified atom stereocenters. The average Bonchev–Trinajstić information content (AvgIpc) is 2.32. The van der Waals surface area contributed by atoms with Gasteiger partial charge in [-0.25, -0.2) is 4.98 Å². The first-order chi connectivity index (χ1) is 5.95. The topological polar surface area (TPSA) is 33.1 Å². The Labute approximate surface area is 87.6 Å². The maximum atomic E-state index is 9.71. The summed E-state index contributed by atoms with van der Waals surface area (Å²) >= 11 is 7.19. The predicted octanol–water partition coefficient (Wildman–Crippen LogP) is 2.46. The molecule has 0 fully saturated rings. The molecule has 2 nitrogen and oxygen atoms in total. The molecule has 0 aliphatic heterocycles. The Morgan fingerprint density at radius 3 is 2.54 bits per heavy atom. The van der Waals surface area contributed by atoms with Crippen LogP contribution in [0.5, 0.6) is 0 Å². The predicted molar refractivity (Wildman–Crippen MR) is 56.5 cm³/mol. The van der Waals surface area contributed by atoms with E-state index in [-0.39, 0.29) is 0 Å². The number of aliphatic hydroxyl groups is 1. The molecular weight excluding hydrogens is 206 g/mol. The average molecular weight is 220 g/mol. The van der Waals surface area contributed by atoms with Crippen molar-refractivity contribution in [1.82, 2.24) is 4.98 Å². The van der Waals surface area contributed by atoms with E-state index in [4.69, 9.17) is 11.6 Å². The van der Waals surface area contributed by atoms with E-state index in [1.165, 1.54) is 4.88 Å². The SMILES string of the molecule is Cc1nc(C(C)(C)O)sc1CCCl. The van der Waals surface area contributed by atoms with Crippen LogP contribution in [0.15, 0.2) is 0 Å². The summed E-state index contributed by atoms with van der Waals surface area (Å²) in [6, 6.07) is 0. The second kappa shape index (κ2) is 3.95. The van der Waals surface area contributed by atoms with Crippen LogP contribution in [0.2, 0.25) is 0 Å². The zero-order valence-electron chi connectivity index (χ0n) is 8.09. The fourth-order valence-corrected chi connectivity index (χ4v) is 2.37. The van der Waals surface area contributed by atoms with Crippen molar-refractivity contribution < 1.29 is 5.11 Å². The van der Waals surface area contributed by atoms with Gasteiger partial charge in [0.1, 0.15) is 10.6 Å². The van der Waals surface area contributed by atoms with E-state index in [1.807, 2.05) is 6.92 Å². The molecule has 0 amide bonds. The molecule has 1 aromatic rings.